The van der Waals surface area contributed by atoms with E-state index < -0.39 is 11.3 Å². The summed E-state index contributed by atoms with van der Waals surface area (Å²) in [5, 5.41) is 18.6. The number of fused-ring (bicyclic) bond motifs is 2. The first-order chi connectivity index (χ1) is 40.0. The Morgan fingerprint density at radius 2 is 1.02 bits per heavy atom. The molecule has 3 N–H and O–H groups in total. The fourth-order valence-electron chi connectivity index (χ4n) is 9.62. The van der Waals surface area contributed by atoms with Crippen molar-refractivity contribution in [1.29, 1.82) is 0 Å². The monoisotopic (exact) mass is 1160 g/mol. The number of benzene rings is 2. The Bertz CT molecular complexity index is 3180. The highest BCUT2D eigenvalue weighted by Gasteiger charge is 2.27. The number of nitrogens with one attached hydrogen (secondary N) is 3. The zero-order valence-corrected chi connectivity index (χ0v) is 49.1. The molecule has 0 radical (unpaired) electrons. The van der Waals surface area contributed by atoms with Gasteiger partial charge in [0.2, 0.25) is 23.0 Å². The van der Waals surface area contributed by atoms with Crippen molar-refractivity contribution in [2.24, 2.45) is 0 Å². The molecule has 4 aliphatic rings. The van der Waals surface area contributed by atoms with Crippen LogP contribution in [0.1, 0.15) is 87.5 Å². The molecule has 4 aliphatic heterocycles. The van der Waals surface area contributed by atoms with Crippen LogP contribution in [0, 0.1) is 0 Å². The van der Waals surface area contributed by atoms with Gasteiger partial charge in [0.25, 0.3) is 0 Å². The number of piperidine rings is 2. The molecule has 2 aromatic carbocycles. The van der Waals surface area contributed by atoms with Crippen LogP contribution >= 0.6 is 11.6 Å². The predicted molar refractivity (Wildman–Crippen MR) is 315 cm³/mol. The molecule has 0 saturated carbocycles. The largest absolute Gasteiger partial charge is 0.460 e. The Morgan fingerprint density at radius 1 is 0.614 bits per heavy atom. The minimum atomic E-state index is -0.509. The number of amides is 3. The van der Waals surface area contributed by atoms with Gasteiger partial charge in [-0.2, -0.15) is 39.2 Å². The first-order valence-corrected chi connectivity index (χ1v) is 28.7. The molecular formula is C58H77ClN16O8. The molecule has 8 heterocycles. The summed E-state index contributed by atoms with van der Waals surface area (Å²) in [6, 6.07) is 15.6. The lowest BCUT2D eigenvalue weighted by Crippen LogP contribution is -2.50. The van der Waals surface area contributed by atoms with Crippen molar-refractivity contribution < 1.29 is 38.1 Å². The van der Waals surface area contributed by atoms with Crippen LogP contribution in [0.25, 0.3) is 11.3 Å². The summed E-state index contributed by atoms with van der Waals surface area (Å²) in [4.78, 5) is 74.9. The molecule has 0 aliphatic carbocycles. The fourth-order valence-corrected chi connectivity index (χ4v) is 9.62. The topological polar surface area (TPSA) is 244 Å². The first-order valence-electron chi connectivity index (χ1n) is 28.3. The first kappa shape index (κ1) is 61.1. The van der Waals surface area contributed by atoms with Gasteiger partial charge in [-0.15, -0.1) is 0 Å². The minimum absolute atomic E-state index is 0.0729. The Kier molecular flexibility index (Phi) is 21.6. The lowest BCUT2D eigenvalue weighted by Gasteiger charge is -2.33. The van der Waals surface area contributed by atoms with Crippen molar-refractivity contribution in [3.63, 3.8) is 0 Å². The summed E-state index contributed by atoms with van der Waals surface area (Å²) in [6.45, 7) is 24.5. The second kappa shape index (κ2) is 29.4. The number of hydrogen-bond donors (Lipinski definition) is 3. The van der Waals surface area contributed by atoms with Gasteiger partial charge < -0.3 is 59.4 Å². The Hall–Kier alpha value is -7.93. The van der Waals surface area contributed by atoms with E-state index in [1.165, 1.54) is 6.08 Å². The van der Waals surface area contributed by atoms with E-state index in [1.807, 2.05) is 48.8 Å². The summed E-state index contributed by atoms with van der Waals surface area (Å²) in [5.74, 6) is 2.42. The SMILES string of the molecule is C=CC(=O)Cl.C=CC(=O)N1CCN(C(=O)Oc2cccc(CNc3nc(OC4CCN(C)CC4)nc4c(C(C)C)cnn34)c2)CC1.CC(C)c1cnn2c(NCc3cccc(OC(=O)N4CCNCC4)c3)nc(OC3CCN(C)CC3)nc12. The summed E-state index contributed by atoms with van der Waals surface area (Å²) in [5.41, 5.74) is 5.38. The van der Waals surface area contributed by atoms with Crippen molar-refractivity contribution in [2.45, 2.75) is 90.5 Å². The third-order valence-corrected chi connectivity index (χ3v) is 14.7. The number of piperazine rings is 2. The van der Waals surface area contributed by atoms with E-state index in [0.29, 0.717) is 87.8 Å². The molecule has 4 aromatic heterocycles. The average Bonchev–Trinajstić information content (AvgIpc) is 3.25. The third kappa shape index (κ3) is 17.1. The van der Waals surface area contributed by atoms with E-state index in [1.54, 1.807) is 35.9 Å². The van der Waals surface area contributed by atoms with Gasteiger partial charge >= 0.3 is 24.2 Å². The number of halogens is 1. The van der Waals surface area contributed by atoms with Gasteiger partial charge in [-0.3, -0.25) is 9.59 Å². The van der Waals surface area contributed by atoms with Crippen molar-refractivity contribution in [1.82, 2.24) is 69.0 Å². The maximum atomic E-state index is 12.7. The standard InChI is InChI=1S/C29H38N8O4.C26H36N8O3.C3H3ClO/c1-5-25(38)35-13-15-36(16-14-35)29(39)41-23-8-6-7-21(17-23)18-30-27-33-28(40-22-9-11-34(4)12-10-22)32-26-24(20(2)3)19-31-37(26)27;1-18(2)22-17-29-34-23(22)30-25(36-20-7-11-32(3)12-8-20)31-24(34)28-16-19-5-4-6-21(15-19)37-26(35)33-13-9-27-10-14-33;1-2-3(4)5/h5-8,17,19-20,22H,1,9-16,18H2,2-4H3,(H,30,32,33);4-6,15,17-18,20,27H,7-14,16H2,1-3H3,(H,28,30,31);2H,1H2. The number of carbonyl (C=O) groups is 4. The van der Waals surface area contributed by atoms with Crippen molar-refractivity contribution in [3.8, 4) is 23.5 Å². The summed E-state index contributed by atoms with van der Waals surface area (Å²) >= 11 is 4.71. The molecule has 4 saturated heterocycles. The summed E-state index contributed by atoms with van der Waals surface area (Å²) in [7, 11) is 4.25. The van der Waals surface area contributed by atoms with E-state index in [0.717, 1.165) is 105 Å². The van der Waals surface area contributed by atoms with Crippen LogP contribution < -0.4 is 34.9 Å². The molecule has 25 heteroatoms. The van der Waals surface area contributed by atoms with Crippen LogP contribution in [0.2, 0.25) is 0 Å². The summed E-state index contributed by atoms with van der Waals surface area (Å²) in [6.07, 6.45) is 9.17. The van der Waals surface area contributed by atoms with Gasteiger partial charge in [0.1, 0.15) is 23.7 Å². The number of likely N-dealkylation sites (tertiary alicyclic amines) is 2. The number of hydrogen-bond acceptors (Lipinski definition) is 19. The quantitative estimate of drug-likeness (QED) is 0.0664. The van der Waals surface area contributed by atoms with E-state index >= 15 is 0 Å². The predicted octanol–water partition coefficient (Wildman–Crippen LogP) is 6.84. The minimum Gasteiger partial charge on any atom is -0.460 e. The van der Waals surface area contributed by atoms with Gasteiger partial charge in [-0.25, -0.2) is 9.59 Å². The second-order valence-corrected chi connectivity index (χ2v) is 21.8. The van der Waals surface area contributed by atoms with Crippen LogP contribution in [-0.4, -0.2) is 192 Å². The normalized spacial score (nSPS) is 16.4. The van der Waals surface area contributed by atoms with E-state index in [9.17, 15) is 19.2 Å². The molecule has 10 rings (SSSR count). The fraction of sp³-hybridized carbons (Fsp3) is 0.483. The molecule has 83 heavy (non-hydrogen) atoms. The van der Waals surface area contributed by atoms with Gasteiger partial charge in [-0.1, -0.05) is 65.1 Å². The van der Waals surface area contributed by atoms with Crippen molar-refractivity contribution >= 4 is 58.1 Å². The lowest BCUT2D eigenvalue weighted by atomic mass is 10.1. The number of carbonyl (C=O) groups excluding carboxylic acids is 4. The molecule has 444 valence electrons. The number of nitrogens with zero attached hydrogens (tertiary/aromatic N) is 13. The molecule has 6 aromatic rings. The van der Waals surface area contributed by atoms with Crippen LogP contribution in [0.4, 0.5) is 21.5 Å². The number of aromatic nitrogens is 8. The Balaban J connectivity index is 0.000000201. The molecule has 0 bridgehead atoms. The zero-order valence-electron chi connectivity index (χ0n) is 48.3. The van der Waals surface area contributed by atoms with Gasteiger partial charge in [0, 0.05) is 103 Å². The van der Waals surface area contributed by atoms with Gasteiger partial charge in [0.05, 0.1) is 12.4 Å². The maximum absolute atomic E-state index is 12.7. The number of ether oxygens (including phenoxy) is 4. The van der Waals surface area contributed by atoms with E-state index in [2.05, 4.69) is 101 Å². The van der Waals surface area contributed by atoms with Gasteiger partial charge in [0.15, 0.2) is 11.3 Å². The zero-order chi connectivity index (χ0) is 59.0. The molecule has 0 unspecified atom stereocenters. The number of allylic oxidation sites excluding steroid dienone is 1. The highest BCUT2D eigenvalue weighted by atomic mass is 35.5. The van der Waals surface area contributed by atoms with Crippen LogP contribution in [-0.2, 0) is 22.7 Å². The summed E-state index contributed by atoms with van der Waals surface area (Å²) < 4.78 is 27.2. The third-order valence-electron chi connectivity index (χ3n) is 14.5. The van der Waals surface area contributed by atoms with Gasteiger partial charge in [-0.05, 0) is 111 Å². The highest BCUT2D eigenvalue weighted by Crippen LogP contribution is 2.27. The van der Waals surface area contributed by atoms with Crippen molar-refractivity contribution in [3.05, 3.63) is 108 Å². The number of rotatable bonds is 16. The smallest absolute Gasteiger partial charge is 0.415 e. The molecule has 4 fully saturated rings. The van der Waals surface area contributed by atoms with Crippen LogP contribution in [0.3, 0.4) is 0 Å². The Morgan fingerprint density at radius 3 is 1.42 bits per heavy atom. The molecule has 24 nitrogen and oxygen atoms in total. The average molecular weight is 1160 g/mol. The Labute approximate surface area is 489 Å². The molecule has 0 atom stereocenters. The maximum Gasteiger partial charge on any atom is 0.415 e. The van der Waals surface area contributed by atoms with E-state index in [4.69, 9.17) is 40.5 Å². The van der Waals surface area contributed by atoms with Crippen LogP contribution in [0.5, 0.6) is 23.5 Å². The lowest BCUT2D eigenvalue weighted by molar-refractivity contribution is -0.127. The van der Waals surface area contributed by atoms with E-state index in [-0.39, 0.29) is 36.0 Å². The van der Waals surface area contributed by atoms with Crippen molar-refractivity contribution in [2.75, 3.05) is 103 Å². The highest BCUT2D eigenvalue weighted by molar-refractivity contribution is 6.66. The molecular weight excluding hydrogens is 1080 g/mol. The second-order valence-electron chi connectivity index (χ2n) is 21.4. The van der Waals surface area contributed by atoms with Crippen LogP contribution in [0.15, 0.2) is 86.2 Å². The molecule has 3 amide bonds. The molecule has 0 spiro atoms. The number of anilines is 2.